The van der Waals surface area contributed by atoms with Gasteiger partial charge in [-0.1, -0.05) is 42.5 Å². The summed E-state index contributed by atoms with van der Waals surface area (Å²) < 4.78 is 23.5. The van der Waals surface area contributed by atoms with Gasteiger partial charge >= 0.3 is 0 Å². The molecule has 2 fully saturated rings. The molecule has 7 heteroatoms. The molecule has 186 valence electrons. The summed E-state index contributed by atoms with van der Waals surface area (Å²) in [6, 6.07) is 18.4. The van der Waals surface area contributed by atoms with Crippen molar-refractivity contribution in [3.63, 3.8) is 0 Å². The van der Waals surface area contributed by atoms with E-state index in [1.54, 1.807) is 7.11 Å². The van der Waals surface area contributed by atoms with Crippen LogP contribution in [0.2, 0.25) is 0 Å². The zero-order chi connectivity index (χ0) is 24.0. The molecule has 0 aliphatic carbocycles. The van der Waals surface area contributed by atoms with Crippen LogP contribution in [-0.4, -0.2) is 54.4 Å². The zero-order valence-electron chi connectivity index (χ0n) is 20.3. The van der Waals surface area contributed by atoms with Crippen LogP contribution >= 0.6 is 23.5 Å². The molecule has 0 saturated carbocycles. The third-order valence-corrected chi connectivity index (χ3v) is 9.68. The highest BCUT2D eigenvalue weighted by Crippen LogP contribution is 2.53. The van der Waals surface area contributed by atoms with Crippen LogP contribution in [0.5, 0.6) is 5.75 Å². The maximum atomic E-state index is 11.4. The van der Waals surface area contributed by atoms with E-state index in [9.17, 15) is 5.11 Å². The van der Waals surface area contributed by atoms with Gasteiger partial charge in [0.15, 0.2) is 5.79 Å². The van der Waals surface area contributed by atoms with Crippen LogP contribution in [0.1, 0.15) is 44.2 Å². The molecule has 2 aliphatic rings. The van der Waals surface area contributed by atoms with Gasteiger partial charge in [-0.05, 0) is 55.0 Å². The summed E-state index contributed by atoms with van der Waals surface area (Å²) in [6.45, 7) is 4.79. The Kier molecular flexibility index (Phi) is 8.88. The third kappa shape index (κ3) is 6.71. The first kappa shape index (κ1) is 25.9. The van der Waals surface area contributed by atoms with E-state index in [1.807, 2.05) is 67.7 Å². The molecule has 0 radical (unpaired) electrons. The van der Waals surface area contributed by atoms with Gasteiger partial charge in [-0.15, -0.1) is 23.5 Å². The first-order chi connectivity index (χ1) is 16.4. The Morgan fingerprint density at radius 3 is 2.38 bits per heavy atom. The topological polar surface area (TPSA) is 57.2 Å². The summed E-state index contributed by atoms with van der Waals surface area (Å²) in [5, 5.41) is 11.4. The molecule has 2 aromatic rings. The fourth-order valence-corrected chi connectivity index (χ4v) is 7.97. The van der Waals surface area contributed by atoms with Crippen molar-refractivity contribution in [1.29, 1.82) is 0 Å². The Bertz CT molecular complexity index is 884. The van der Waals surface area contributed by atoms with Crippen molar-refractivity contribution in [3.8, 4) is 5.75 Å². The Morgan fingerprint density at radius 2 is 1.76 bits per heavy atom. The normalized spacial score (nSPS) is 23.4. The number of methoxy groups -OCH3 is 1. The summed E-state index contributed by atoms with van der Waals surface area (Å²) in [4.78, 5) is 0. The van der Waals surface area contributed by atoms with E-state index >= 15 is 0 Å². The van der Waals surface area contributed by atoms with Gasteiger partial charge in [0.05, 0.1) is 36.6 Å². The molecule has 3 atom stereocenters. The highest BCUT2D eigenvalue weighted by Gasteiger charge is 2.42. The summed E-state index contributed by atoms with van der Waals surface area (Å²) in [5.74, 6) is 2.39. The second-order valence-corrected chi connectivity index (χ2v) is 12.4. The van der Waals surface area contributed by atoms with Crippen molar-refractivity contribution in [2.75, 3.05) is 25.2 Å². The lowest BCUT2D eigenvalue weighted by Gasteiger charge is -2.39. The molecular formula is C27H36O5S2. The van der Waals surface area contributed by atoms with Crippen LogP contribution in [0.3, 0.4) is 0 Å². The van der Waals surface area contributed by atoms with Crippen LogP contribution in [0, 0.1) is 0 Å². The van der Waals surface area contributed by atoms with Crippen LogP contribution in [0.4, 0.5) is 0 Å². The summed E-state index contributed by atoms with van der Waals surface area (Å²) in [5.41, 5.74) is 2.33. The highest BCUT2D eigenvalue weighted by atomic mass is 32.2. The molecule has 0 unspecified atom stereocenters. The molecule has 1 N–H and O–H groups in total. The van der Waals surface area contributed by atoms with E-state index in [-0.39, 0.29) is 16.3 Å². The molecule has 0 spiro atoms. The second kappa shape index (κ2) is 11.7. The molecule has 2 aliphatic heterocycles. The lowest BCUT2D eigenvalue weighted by Crippen LogP contribution is -2.37. The predicted molar refractivity (Wildman–Crippen MR) is 139 cm³/mol. The minimum absolute atomic E-state index is 0.180. The zero-order valence-corrected chi connectivity index (χ0v) is 21.9. The lowest BCUT2D eigenvalue weighted by molar-refractivity contribution is -0.161. The number of aliphatic hydroxyl groups excluding tert-OH is 1. The number of benzene rings is 2. The van der Waals surface area contributed by atoms with E-state index in [2.05, 4.69) is 24.3 Å². The van der Waals surface area contributed by atoms with Crippen molar-refractivity contribution < 1.29 is 24.1 Å². The molecule has 2 aromatic carbocycles. The first-order valence-electron chi connectivity index (χ1n) is 12.0. The third-order valence-electron chi connectivity index (χ3n) is 6.25. The number of hydrogen-bond donors (Lipinski definition) is 1. The van der Waals surface area contributed by atoms with Crippen LogP contribution in [0.15, 0.2) is 54.6 Å². The summed E-state index contributed by atoms with van der Waals surface area (Å²) >= 11 is 3.88. The number of thioether (sulfide) groups is 2. The average molecular weight is 505 g/mol. The quantitative estimate of drug-likeness (QED) is 0.452. The van der Waals surface area contributed by atoms with Crippen LogP contribution in [0.25, 0.3) is 0 Å². The van der Waals surface area contributed by atoms with Gasteiger partial charge in [-0.3, -0.25) is 0 Å². The maximum absolute atomic E-state index is 11.4. The van der Waals surface area contributed by atoms with E-state index in [0.29, 0.717) is 26.1 Å². The van der Waals surface area contributed by atoms with Crippen molar-refractivity contribution in [3.05, 3.63) is 65.7 Å². The van der Waals surface area contributed by atoms with Crippen LogP contribution in [-0.2, 0) is 24.9 Å². The van der Waals surface area contributed by atoms with E-state index < -0.39 is 11.9 Å². The summed E-state index contributed by atoms with van der Waals surface area (Å²) in [7, 11) is 1.68. The first-order valence-corrected chi connectivity index (χ1v) is 13.9. The highest BCUT2D eigenvalue weighted by molar-refractivity contribution is 8.18. The van der Waals surface area contributed by atoms with Gasteiger partial charge in [0.1, 0.15) is 11.9 Å². The molecule has 2 heterocycles. The SMILES string of the molecule is COc1ccc(C2(C[C@H](O)C[C@H](OCc3ccccc3)[C@H]3COC(C)(C)O3)SCCCS2)cc1. The molecule has 4 rings (SSSR count). The van der Waals surface area contributed by atoms with E-state index in [4.69, 9.17) is 18.9 Å². The molecule has 2 saturated heterocycles. The molecule has 0 amide bonds. The van der Waals surface area contributed by atoms with Gasteiger partial charge in [0, 0.05) is 12.8 Å². The van der Waals surface area contributed by atoms with E-state index in [0.717, 1.165) is 22.8 Å². The number of aliphatic hydroxyl groups is 1. The standard InChI is InChI=1S/C27H36O5S2/c1-26(2)31-19-25(32-26)24(30-18-20-8-5-4-6-9-20)16-22(28)17-27(33-14-7-15-34-27)21-10-12-23(29-3)13-11-21/h4-6,8-13,22,24-25,28H,7,14-19H2,1-3H3/t22-,24+,25-/m1/s1. The largest absolute Gasteiger partial charge is 0.497 e. The average Bonchev–Trinajstić information content (AvgIpc) is 3.22. The Balaban J connectivity index is 1.47. The lowest BCUT2D eigenvalue weighted by atomic mass is 9.99. The van der Waals surface area contributed by atoms with Crippen molar-refractivity contribution in [2.45, 2.75) is 67.9 Å². The van der Waals surface area contributed by atoms with Crippen molar-refractivity contribution in [1.82, 2.24) is 0 Å². The van der Waals surface area contributed by atoms with Gasteiger partial charge in [0.2, 0.25) is 0 Å². The number of rotatable bonds is 10. The van der Waals surface area contributed by atoms with E-state index in [1.165, 1.54) is 12.0 Å². The van der Waals surface area contributed by atoms with Gasteiger partial charge < -0.3 is 24.1 Å². The fourth-order valence-electron chi connectivity index (χ4n) is 4.49. The summed E-state index contributed by atoms with van der Waals surface area (Å²) in [6.07, 6.45) is 1.33. The fraction of sp³-hybridized carbons (Fsp3) is 0.556. The molecule has 0 bridgehead atoms. The second-order valence-electron chi connectivity index (χ2n) is 9.33. The molecule has 34 heavy (non-hydrogen) atoms. The Morgan fingerprint density at radius 1 is 1.06 bits per heavy atom. The number of hydrogen-bond acceptors (Lipinski definition) is 7. The predicted octanol–water partition coefficient (Wildman–Crippen LogP) is 5.60. The van der Waals surface area contributed by atoms with Gasteiger partial charge in [0.25, 0.3) is 0 Å². The number of ether oxygens (including phenoxy) is 4. The monoisotopic (exact) mass is 504 g/mol. The minimum atomic E-state index is -0.636. The molecule has 0 aromatic heterocycles. The van der Waals surface area contributed by atoms with Crippen molar-refractivity contribution >= 4 is 23.5 Å². The molecular weight excluding hydrogens is 468 g/mol. The van der Waals surface area contributed by atoms with Gasteiger partial charge in [-0.25, -0.2) is 0 Å². The Labute approximate surface area is 211 Å². The minimum Gasteiger partial charge on any atom is -0.497 e. The molecule has 5 nitrogen and oxygen atoms in total. The van der Waals surface area contributed by atoms with Crippen LogP contribution < -0.4 is 4.74 Å². The van der Waals surface area contributed by atoms with Crippen molar-refractivity contribution in [2.24, 2.45) is 0 Å². The smallest absolute Gasteiger partial charge is 0.163 e. The van der Waals surface area contributed by atoms with Gasteiger partial charge in [-0.2, -0.15) is 0 Å². The Hall–Kier alpha value is -1.22. The maximum Gasteiger partial charge on any atom is 0.163 e.